The van der Waals surface area contributed by atoms with Crippen LogP contribution in [-0.2, 0) is 4.79 Å². The molecule has 0 aliphatic heterocycles. The summed E-state index contributed by atoms with van der Waals surface area (Å²) in [7, 11) is 0. The monoisotopic (exact) mass is 311 g/mol. The van der Waals surface area contributed by atoms with E-state index in [2.05, 4.69) is 5.32 Å². The Balaban J connectivity index is 1.83. The summed E-state index contributed by atoms with van der Waals surface area (Å²) in [6, 6.07) is 5.35. The van der Waals surface area contributed by atoms with Gasteiger partial charge in [0.2, 0.25) is 0 Å². The fourth-order valence-electron chi connectivity index (χ4n) is 2.55. The average Bonchev–Trinajstić information content (AvgIpc) is 2.47. The minimum absolute atomic E-state index is 0.0375. The fraction of sp³-hybridized carbons (Fsp3) is 0.562. The largest absolute Gasteiger partial charge is 0.482 e. The van der Waals surface area contributed by atoms with Crippen molar-refractivity contribution in [3.63, 3.8) is 0 Å². The number of carbonyl (C=O) groups is 1. The summed E-state index contributed by atoms with van der Waals surface area (Å²) < 4.78 is 5.45. The molecule has 0 saturated heterocycles. The highest BCUT2D eigenvalue weighted by Gasteiger charge is 2.16. The van der Waals surface area contributed by atoms with Gasteiger partial charge in [-0.3, -0.25) is 4.79 Å². The van der Waals surface area contributed by atoms with E-state index in [1.54, 1.807) is 25.1 Å². The third-order valence-electron chi connectivity index (χ3n) is 3.77. The van der Waals surface area contributed by atoms with Crippen molar-refractivity contribution in [2.24, 2.45) is 0 Å². The SMILES string of the molecule is CC(O)c1ccc(OCC(=O)NC2CCCCC2)c(Cl)c1. The van der Waals surface area contributed by atoms with E-state index in [1.807, 2.05) is 0 Å². The van der Waals surface area contributed by atoms with Crippen molar-refractivity contribution in [1.82, 2.24) is 5.32 Å². The van der Waals surface area contributed by atoms with Crippen LogP contribution in [0.15, 0.2) is 18.2 Å². The quantitative estimate of drug-likeness (QED) is 0.878. The Morgan fingerprint density at radius 3 is 2.76 bits per heavy atom. The molecule has 2 N–H and O–H groups in total. The van der Waals surface area contributed by atoms with Crippen molar-refractivity contribution in [2.75, 3.05) is 6.61 Å². The molecule has 116 valence electrons. The lowest BCUT2D eigenvalue weighted by Gasteiger charge is -2.22. The van der Waals surface area contributed by atoms with E-state index in [1.165, 1.54) is 19.3 Å². The number of amides is 1. The molecule has 0 spiro atoms. The van der Waals surface area contributed by atoms with Gasteiger partial charge in [-0.05, 0) is 37.5 Å². The molecule has 0 heterocycles. The predicted molar refractivity (Wildman–Crippen MR) is 82.6 cm³/mol. The Labute approximate surface area is 130 Å². The van der Waals surface area contributed by atoms with Gasteiger partial charge in [-0.25, -0.2) is 0 Å². The van der Waals surface area contributed by atoms with Crippen LogP contribution >= 0.6 is 11.6 Å². The number of carbonyl (C=O) groups excluding carboxylic acids is 1. The molecule has 1 fully saturated rings. The maximum absolute atomic E-state index is 11.9. The second-order valence-electron chi connectivity index (χ2n) is 5.56. The topological polar surface area (TPSA) is 58.6 Å². The zero-order chi connectivity index (χ0) is 15.2. The van der Waals surface area contributed by atoms with E-state index in [0.717, 1.165) is 18.4 Å². The van der Waals surface area contributed by atoms with Crippen LogP contribution in [-0.4, -0.2) is 23.7 Å². The molecule has 1 saturated carbocycles. The zero-order valence-corrected chi connectivity index (χ0v) is 13.0. The molecular weight excluding hydrogens is 290 g/mol. The second kappa shape index (κ2) is 7.66. The lowest BCUT2D eigenvalue weighted by Crippen LogP contribution is -2.38. The Morgan fingerprint density at radius 1 is 1.43 bits per heavy atom. The van der Waals surface area contributed by atoms with Gasteiger partial charge in [0.05, 0.1) is 11.1 Å². The van der Waals surface area contributed by atoms with Gasteiger partial charge in [0.25, 0.3) is 5.91 Å². The molecule has 1 aromatic carbocycles. The first-order chi connectivity index (χ1) is 10.1. The minimum atomic E-state index is -0.578. The molecule has 0 radical (unpaired) electrons. The van der Waals surface area contributed by atoms with Crippen molar-refractivity contribution < 1.29 is 14.6 Å². The fourth-order valence-corrected chi connectivity index (χ4v) is 2.80. The highest BCUT2D eigenvalue weighted by atomic mass is 35.5. The van der Waals surface area contributed by atoms with E-state index in [-0.39, 0.29) is 18.6 Å². The Morgan fingerprint density at radius 2 is 2.14 bits per heavy atom. The molecule has 1 unspecified atom stereocenters. The van der Waals surface area contributed by atoms with E-state index >= 15 is 0 Å². The van der Waals surface area contributed by atoms with Crippen LogP contribution in [0.1, 0.15) is 50.7 Å². The number of rotatable bonds is 5. The van der Waals surface area contributed by atoms with Crippen molar-refractivity contribution >= 4 is 17.5 Å². The molecule has 1 atom stereocenters. The first kappa shape index (κ1) is 16.1. The van der Waals surface area contributed by atoms with Crippen LogP contribution in [0.3, 0.4) is 0 Å². The van der Waals surface area contributed by atoms with Crippen LogP contribution < -0.4 is 10.1 Å². The van der Waals surface area contributed by atoms with Crippen LogP contribution in [0.2, 0.25) is 5.02 Å². The molecule has 0 aromatic heterocycles. The van der Waals surface area contributed by atoms with Crippen molar-refractivity contribution in [3.8, 4) is 5.75 Å². The van der Waals surface area contributed by atoms with Gasteiger partial charge in [-0.15, -0.1) is 0 Å². The minimum Gasteiger partial charge on any atom is -0.482 e. The van der Waals surface area contributed by atoms with E-state index in [9.17, 15) is 9.90 Å². The Kier molecular flexibility index (Phi) is 5.88. The van der Waals surface area contributed by atoms with E-state index in [0.29, 0.717) is 10.8 Å². The third-order valence-corrected chi connectivity index (χ3v) is 4.06. The van der Waals surface area contributed by atoms with Crippen molar-refractivity contribution in [1.29, 1.82) is 0 Å². The lowest BCUT2D eigenvalue weighted by molar-refractivity contribution is -0.124. The molecule has 1 amide bonds. The highest BCUT2D eigenvalue weighted by molar-refractivity contribution is 6.32. The summed E-state index contributed by atoms with van der Waals surface area (Å²) in [4.78, 5) is 11.9. The van der Waals surface area contributed by atoms with E-state index < -0.39 is 6.10 Å². The molecule has 1 aliphatic rings. The Bertz CT molecular complexity index is 484. The molecule has 1 aromatic rings. The Hall–Kier alpha value is -1.26. The summed E-state index contributed by atoms with van der Waals surface area (Å²) in [5, 5.41) is 12.9. The third kappa shape index (κ3) is 4.90. The molecule has 2 rings (SSSR count). The van der Waals surface area contributed by atoms with Crippen LogP contribution in [0.25, 0.3) is 0 Å². The summed E-state index contributed by atoms with van der Waals surface area (Å²) in [6.45, 7) is 1.63. The highest BCUT2D eigenvalue weighted by Crippen LogP contribution is 2.27. The van der Waals surface area contributed by atoms with Gasteiger partial charge in [0, 0.05) is 6.04 Å². The first-order valence-corrected chi connectivity index (χ1v) is 7.83. The average molecular weight is 312 g/mol. The number of nitrogens with one attached hydrogen (secondary N) is 1. The molecule has 0 bridgehead atoms. The van der Waals surface area contributed by atoms with Gasteiger partial charge < -0.3 is 15.2 Å². The number of benzene rings is 1. The number of hydrogen-bond acceptors (Lipinski definition) is 3. The number of ether oxygens (including phenoxy) is 1. The summed E-state index contributed by atoms with van der Waals surface area (Å²) in [6.07, 6.45) is 5.14. The number of halogens is 1. The molecular formula is C16H22ClNO3. The van der Waals surface area contributed by atoms with Crippen LogP contribution in [0.4, 0.5) is 0 Å². The standard InChI is InChI=1S/C16H22ClNO3/c1-11(19)12-7-8-15(14(17)9-12)21-10-16(20)18-13-5-3-2-4-6-13/h7-9,11,13,19H,2-6,10H2,1H3,(H,18,20). The first-order valence-electron chi connectivity index (χ1n) is 7.46. The van der Waals surface area contributed by atoms with Crippen LogP contribution in [0.5, 0.6) is 5.75 Å². The number of hydrogen-bond donors (Lipinski definition) is 2. The second-order valence-corrected chi connectivity index (χ2v) is 5.96. The lowest BCUT2D eigenvalue weighted by atomic mass is 9.95. The molecule has 4 nitrogen and oxygen atoms in total. The summed E-state index contributed by atoms with van der Waals surface area (Å²) in [5.41, 5.74) is 0.721. The normalized spacial score (nSPS) is 17.3. The molecule has 1 aliphatic carbocycles. The van der Waals surface area contributed by atoms with E-state index in [4.69, 9.17) is 16.3 Å². The molecule has 5 heteroatoms. The van der Waals surface area contributed by atoms with Gasteiger partial charge >= 0.3 is 0 Å². The van der Waals surface area contributed by atoms with Gasteiger partial charge in [-0.2, -0.15) is 0 Å². The predicted octanol–water partition coefficient (Wildman–Crippen LogP) is 3.22. The summed E-state index contributed by atoms with van der Waals surface area (Å²) >= 11 is 6.08. The van der Waals surface area contributed by atoms with Crippen LogP contribution in [0, 0.1) is 0 Å². The van der Waals surface area contributed by atoms with Crippen molar-refractivity contribution in [2.45, 2.75) is 51.2 Å². The summed E-state index contributed by atoms with van der Waals surface area (Å²) in [5.74, 6) is 0.345. The molecule has 21 heavy (non-hydrogen) atoms. The number of aliphatic hydroxyl groups excluding tert-OH is 1. The smallest absolute Gasteiger partial charge is 0.258 e. The number of aliphatic hydroxyl groups is 1. The van der Waals surface area contributed by atoms with Crippen molar-refractivity contribution in [3.05, 3.63) is 28.8 Å². The maximum Gasteiger partial charge on any atom is 0.258 e. The maximum atomic E-state index is 11.9. The van der Waals surface area contributed by atoms with Gasteiger partial charge in [-0.1, -0.05) is 36.9 Å². The zero-order valence-electron chi connectivity index (χ0n) is 12.3. The van der Waals surface area contributed by atoms with Gasteiger partial charge in [0.15, 0.2) is 6.61 Å². The van der Waals surface area contributed by atoms with Gasteiger partial charge in [0.1, 0.15) is 5.75 Å².